The second-order valence-corrected chi connectivity index (χ2v) is 7.79. The predicted molar refractivity (Wildman–Crippen MR) is 117 cm³/mol. The van der Waals surface area contributed by atoms with E-state index < -0.39 is 11.6 Å². The van der Waals surface area contributed by atoms with Gasteiger partial charge in [-0.1, -0.05) is 60.7 Å². The minimum absolute atomic E-state index is 0.0351. The Bertz CT molecular complexity index is 982. The fourth-order valence-corrected chi connectivity index (χ4v) is 3.86. The van der Waals surface area contributed by atoms with Gasteiger partial charge in [-0.15, -0.1) is 0 Å². The van der Waals surface area contributed by atoms with Gasteiger partial charge < -0.3 is 14.4 Å². The Morgan fingerprint density at radius 1 is 0.906 bits per heavy atom. The van der Waals surface area contributed by atoms with E-state index in [1.54, 1.807) is 4.90 Å². The van der Waals surface area contributed by atoms with Gasteiger partial charge >= 0.3 is 0 Å². The maximum absolute atomic E-state index is 13.8. The Balaban J connectivity index is 1.32. The third-order valence-corrected chi connectivity index (χ3v) is 5.56. The third kappa shape index (κ3) is 5.51. The lowest BCUT2D eigenvalue weighted by atomic mass is 10.0. The summed E-state index contributed by atoms with van der Waals surface area (Å²) in [4.78, 5) is 14.5. The van der Waals surface area contributed by atoms with Crippen LogP contribution in [-0.2, 0) is 9.53 Å². The van der Waals surface area contributed by atoms with E-state index >= 15 is 0 Å². The number of hydrogen-bond acceptors (Lipinski definition) is 3. The minimum Gasteiger partial charge on any atom is -0.487 e. The van der Waals surface area contributed by atoms with Crippen molar-refractivity contribution >= 4 is 5.91 Å². The van der Waals surface area contributed by atoms with Crippen LogP contribution in [0.2, 0.25) is 0 Å². The second kappa shape index (κ2) is 10.4. The standard InChI is InChI=1S/C26H25F2NO3/c27-21-11-12-24(23(28)17-21)32-22-13-15-29(16-14-22)25(30)18-31-26(19-7-3-1-4-8-19)20-9-5-2-6-10-20/h1-12,17,22,26H,13-16,18H2. The summed E-state index contributed by atoms with van der Waals surface area (Å²) in [6.45, 7) is 0.959. The monoisotopic (exact) mass is 437 g/mol. The number of ether oxygens (including phenoxy) is 2. The molecule has 32 heavy (non-hydrogen) atoms. The lowest BCUT2D eigenvalue weighted by Crippen LogP contribution is -2.43. The molecule has 1 fully saturated rings. The van der Waals surface area contributed by atoms with E-state index in [2.05, 4.69) is 0 Å². The number of nitrogens with zero attached hydrogens (tertiary/aromatic N) is 1. The zero-order valence-electron chi connectivity index (χ0n) is 17.6. The number of benzene rings is 3. The number of carbonyl (C=O) groups is 1. The first-order valence-electron chi connectivity index (χ1n) is 10.7. The lowest BCUT2D eigenvalue weighted by molar-refractivity contribution is -0.139. The van der Waals surface area contributed by atoms with Gasteiger partial charge in [-0.25, -0.2) is 8.78 Å². The summed E-state index contributed by atoms with van der Waals surface area (Å²) < 4.78 is 38.6. The van der Waals surface area contributed by atoms with Crippen molar-refractivity contribution in [2.75, 3.05) is 19.7 Å². The molecule has 4 rings (SSSR count). The Morgan fingerprint density at radius 3 is 2.06 bits per heavy atom. The smallest absolute Gasteiger partial charge is 0.248 e. The van der Waals surface area contributed by atoms with E-state index in [1.165, 1.54) is 12.1 Å². The van der Waals surface area contributed by atoms with E-state index in [9.17, 15) is 13.6 Å². The van der Waals surface area contributed by atoms with Crippen LogP contribution < -0.4 is 4.74 Å². The quantitative estimate of drug-likeness (QED) is 0.514. The summed E-state index contributed by atoms with van der Waals surface area (Å²) >= 11 is 0. The first-order chi connectivity index (χ1) is 15.6. The third-order valence-electron chi connectivity index (χ3n) is 5.56. The van der Waals surface area contributed by atoms with Crippen molar-refractivity contribution in [2.24, 2.45) is 0 Å². The van der Waals surface area contributed by atoms with Crippen molar-refractivity contribution in [3.8, 4) is 5.75 Å². The van der Waals surface area contributed by atoms with E-state index in [-0.39, 0.29) is 30.5 Å². The maximum Gasteiger partial charge on any atom is 0.248 e. The van der Waals surface area contributed by atoms with E-state index in [1.807, 2.05) is 60.7 Å². The van der Waals surface area contributed by atoms with Gasteiger partial charge in [-0.2, -0.15) is 0 Å². The molecule has 3 aromatic carbocycles. The molecule has 0 atom stereocenters. The van der Waals surface area contributed by atoms with Crippen molar-refractivity contribution in [2.45, 2.75) is 25.0 Å². The van der Waals surface area contributed by atoms with Crippen LogP contribution in [-0.4, -0.2) is 36.6 Å². The normalized spacial score (nSPS) is 14.5. The Kier molecular flexibility index (Phi) is 7.12. The van der Waals surface area contributed by atoms with Gasteiger partial charge in [0.25, 0.3) is 0 Å². The Hall–Kier alpha value is -3.25. The van der Waals surface area contributed by atoms with Gasteiger partial charge in [-0.05, 0) is 23.3 Å². The van der Waals surface area contributed by atoms with Gasteiger partial charge in [-0.3, -0.25) is 4.79 Å². The van der Waals surface area contributed by atoms with Gasteiger partial charge in [0, 0.05) is 32.0 Å². The van der Waals surface area contributed by atoms with Crippen LogP contribution >= 0.6 is 0 Å². The molecule has 4 nitrogen and oxygen atoms in total. The molecule has 3 aromatic rings. The number of likely N-dealkylation sites (tertiary alicyclic amines) is 1. The van der Waals surface area contributed by atoms with Crippen molar-refractivity contribution in [1.29, 1.82) is 0 Å². The van der Waals surface area contributed by atoms with Crippen molar-refractivity contribution in [3.63, 3.8) is 0 Å². The van der Waals surface area contributed by atoms with Crippen LogP contribution in [0.5, 0.6) is 5.75 Å². The molecule has 0 aliphatic carbocycles. The average molecular weight is 437 g/mol. The minimum atomic E-state index is -0.718. The topological polar surface area (TPSA) is 38.8 Å². The molecule has 1 amide bonds. The number of rotatable bonds is 7. The molecule has 0 N–H and O–H groups in total. The van der Waals surface area contributed by atoms with E-state index in [4.69, 9.17) is 9.47 Å². The van der Waals surface area contributed by atoms with Gasteiger partial charge in [0.1, 0.15) is 24.6 Å². The van der Waals surface area contributed by atoms with Gasteiger partial charge in [0.15, 0.2) is 11.6 Å². The molecule has 1 heterocycles. The fraction of sp³-hybridized carbons (Fsp3) is 0.269. The largest absolute Gasteiger partial charge is 0.487 e. The summed E-state index contributed by atoms with van der Waals surface area (Å²) in [5.74, 6) is -1.41. The summed E-state index contributed by atoms with van der Waals surface area (Å²) in [5.41, 5.74) is 1.97. The maximum atomic E-state index is 13.8. The molecule has 0 unspecified atom stereocenters. The summed E-state index contributed by atoms with van der Waals surface area (Å²) in [7, 11) is 0. The highest BCUT2D eigenvalue weighted by atomic mass is 19.1. The molecular formula is C26H25F2NO3. The van der Waals surface area contributed by atoms with Crippen LogP contribution in [0.15, 0.2) is 78.9 Å². The van der Waals surface area contributed by atoms with Crippen molar-refractivity contribution < 1.29 is 23.0 Å². The van der Waals surface area contributed by atoms with Crippen LogP contribution in [0.4, 0.5) is 8.78 Å². The summed E-state index contributed by atoms with van der Waals surface area (Å²) in [6.07, 6.45) is 0.595. The van der Waals surface area contributed by atoms with Crippen molar-refractivity contribution in [1.82, 2.24) is 4.90 Å². The van der Waals surface area contributed by atoms with Crippen LogP contribution in [0.25, 0.3) is 0 Å². The lowest BCUT2D eigenvalue weighted by Gasteiger charge is -2.32. The van der Waals surface area contributed by atoms with Gasteiger partial charge in [0.2, 0.25) is 5.91 Å². The molecule has 0 aromatic heterocycles. The fourth-order valence-electron chi connectivity index (χ4n) is 3.86. The molecule has 0 saturated carbocycles. The molecule has 0 spiro atoms. The summed E-state index contributed by atoms with van der Waals surface area (Å²) in [5, 5.41) is 0. The molecule has 0 bridgehead atoms. The van der Waals surface area contributed by atoms with E-state index in [0.717, 1.165) is 17.2 Å². The molecule has 1 aliphatic heterocycles. The number of halogens is 2. The highest BCUT2D eigenvalue weighted by molar-refractivity contribution is 5.77. The molecule has 0 radical (unpaired) electrons. The molecule has 1 aliphatic rings. The zero-order chi connectivity index (χ0) is 22.3. The number of piperidine rings is 1. The Labute approximate surface area is 186 Å². The SMILES string of the molecule is O=C(COC(c1ccccc1)c1ccccc1)N1CCC(Oc2ccc(F)cc2F)CC1. The first-order valence-corrected chi connectivity index (χ1v) is 10.7. The van der Waals surface area contributed by atoms with E-state index in [0.29, 0.717) is 25.9 Å². The highest BCUT2D eigenvalue weighted by Crippen LogP contribution is 2.26. The van der Waals surface area contributed by atoms with Crippen LogP contribution in [0, 0.1) is 11.6 Å². The predicted octanol–water partition coefficient (Wildman–Crippen LogP) is 5.14. The van der Waals surface area contributed by atoms with Crippen LogP contribution in [0.1, 0.15) is 30.1 Å². The average Bonchev–Trinajstić information content (AvgIpc) is 2.83. The van der Waals surface area contributed by atoms with Crippen LogP contribution in [0.3, 0.4) is 0 Å². The summed E-state index contributed by atoms with van der Waals surface area (Å²) in [6, 6.07) is 22.9. The second-order valence-electron chi connectivity index (χ2n) is 7.79. The Morgan fingerprint density at radius 2 is 1.50 bits per heavy atom. The number of amides is 1. The number of carbonyl (C=O) groups excluding carboxylic acids is 1. The molecule has 166 valence electrons. The van der Waals surface area contributed by atoms with Crippen molar-refractivity contribution in [3.05, 3.63) is 102 Å². The van der Waals surface area contributed by atoms with Gasteiger partial charge in [0.05, 0.1) is 0 Å². The molecule has 1 saturated heterocycles. The zero-order valence-corrected chi connectivity index (χ0v) is 17.6. The highest BCUT2D eigenvalue weighted by Gasteiger charge is 2.26. The first kappa shape index (κ1) is 22.0. The molecule has 6 heteroatoms. The number of hydrogen-bond donors (Lipinski definition) is 0. The molecular weight excluding hydrogens is 412 g/mol.